The molecular formula is C18H22N4O3. The minimum absolute atomic E-state index is 0.136. The number of hydrogen-bond acceptors (Lipinski definition) is 4. The van der Waals surface area contributed by atoms with Crippen LogP contribution in [0.3, 0.4) is 0 Å². The molecule has 1 aromatic heterocycles. The number of hydrogen-bond donors (Lipinski definition) is 2. The van der Waals surface area contributed by atoms with Gasteiger partial charge in [0.15, 0.2) is 5.76 Å². The number of amides is 3. The number of carbonyl (C=O) groups excluding carboxylic acids is 2. The van der Waals surface area contributed by atoms with E-state index >= 15 is 0 Å². The third kappa shape index (κ3) is 4.19. The fraction of sp³-hybridized carbons (Fsp3) is 0.333. The van der Waals surface area contributed by atoms with Gasteiger partial charge in [0.05, 0.1) is 6.26 Å². The minimum atomic E-state index is -0.165. The third-order valence-electron chi connectivity index (χ3n) is 4.22. The van der Waals surface area contributed by atoms with Gasteiger partial charge in [-0.25, -0.2) is 4.79 Å². The maximum absolute atomic E-state index is 12.5. The first-order valence-corrected chi connectivity index (χ1v) is 8.35. The Balaban J connectivity index is 1.58. The predicted octanol–water partition coefficient (Wildman–Crippen LogP) is 2.12. The lowest BCUT2D eigenvalue weighted by Gasteiger charge is -2.22. The topological polar surface area (TPSA) is 91.8 Å². The Bertz CT molecular complexity index is 730. The van der Waals surface area contributed by atoms with Crippen LogP contribution in [-0.4, -0.2) is 47.9 Å². The smallest absolute Gasteiger partial charge is 0.321 e. The van der Waals surface area contributed by atoms with Crippen molar-refractivity contribution in [1.29, 1.82) is 0 Å². The molecule has 1 aliphatic rings. The monoisotopic (exact) mass is 342 g/mol. The second-order valence-electron chi connectivity index (χ2n) is 5.94. The van der Waals surface area contributed by atoms with Gasteiger partial charge in [-0.15, -0.1) is 0 Å². The number of nitrogens with zero attached hydrogens (tertiary/aromatic N) is 2. The number of furan rings is 1. The summed E-state index contributed by atoms with van der Waals surface area (Å²) in [7, 11) is 0. The zero-order valence-corrected chi connectivity index (χ0v) is 14.0. The van der Waals surface area contributed by atoms with Gasteiger partial charge in [0.2, 0.25) is 0 Å². The molecule has 0 atom stereocenters. The molecule has 1 aliphatic heterocycles. The van der Waals surface area contributed by atoms with Crippen molar-refractivity contribution in [2.75, 3.05) is 31.5 Å². The molecule has 0 radical (unpaired) electrons. The Hall–Kier alpha value is -2.80. The minimum Gasteiger partial charge on any atom is -0.459 e. The van der Waals surface area contributed by atoms with E-state index in [0.717, 1.165) is 17.7 Å². The SMILES string of the molecule is NCc1cccc(NC(=O)N2CCCN(C(=O)c3ccco3)CC2)c1. The summed E-state index contributed by atoms with van der Waals surface area (Å²) in [5.74, 6) is 0.194. The molecule has 3 amide bonds. The first-order valence-electron chi connectivity index (χ1n) is 8.35. The third-order valence-corrected chi connectivity index (χ3v) is 4.22. The van der Waals surface area contributed by atoms with E-state index in [2.05, 4.69) is 5.32 Å². The van der Waals surface area contributed by atoms with Gasteiger partial charge < -0.3 is 25.3 Å². The molecule has 1 saturated heterocycles. The summed E-state index contributed by atoms with van der Waals surface area (Å²) in [6, 6.07) is 10.7. The van der Waals surface area contributed by atoms with Crippen molar-refractivity contribution >= 4 is 17.6 Å². The fourth-order valence-electron chi connectivity index (χ4n) is 2.86. The van der Waals surface area contributed by atoms with Crippen molar-refractivity contribution < 1.29 is 14.0 Å². The van der Waals surface area contributed by atoms with Crippen LogP contribution in [0.1, 0.15) is 22.5 Å². The van der Waals surface area contributed by atoms with Gasteiger partial charge in [-0.2, -0.15) is 0 Å². The molecule has 1 fully saturated rings. The Morgan fingerprint density at radius 1 is 1.08 bits per heavy atom. The molecule has 3 N–H and O–H groups in total. The van der Waals surface area contributed by atoms with Crippen LogP contribution >= 0.6 is 0 Å². The van der Waals surface area contributed by atoms with Gasteiger partial charge in [0.25, 0.3) is 5.91 Å². The fourth-order valence-corrected chi connectivity index (χ4v) is 2.86. The van der Waals surface area contributed by atoms with Crippen LogP contribution in [0.15, 0.2) is 47.1 Å². The van der Waals surface area contributed by atoms with E-state index in [1.54, 1.807) is 21.9 Å². The van der Waals surface area contributed by atoms with E-state index in [0.29, 0.717) is 38.5 Å². The standard InChI is InChI=1S/C18H22N4O3/c19-13-14-4-1-5-15(12-14)20-18(24)22-8-3-7-21(9-10-22)17(23)16-6-2-11-25-16/h1-2,4-6,11-12H,3,7-10,13,19H2,(H,20,24). The van der Waals surface area contributed by atoms with Crippen molar-refractivity contribution in [3.8, 4) is 0 Å². The van der Waals surface area contributed by atoms with Crippen molar-refractivity contribution in [3.63, 3.8) is 0 Å². The van der Waals surface area contributed by atoms with Crippen LogP contribution in [0.4, 0.5) is 10.5 Å². The van der Waals surface area contributed by atoms with Crippen molar-refractivity contribution in [3.05, 3.63) is 54.0 Å². The van der Waals surface area contributed by atoms with Crippen LogP contribution in [0, 0.1) is 0 Å². The first kappa shape index (κ1) is 17.0. The van der Waals surface area contributed by atoms with Crippen molar-refractivity contribution in [2.45, 2.75) is 13.0 Å². The summed E-state index contributed by atoms with van der Waals surface area (Å²) >= 11 is 0. The second kappa shape index (κ2) is 7.85. The summed E-state index contributed by atoms with van der Waals surface area (Å²) in [5, 5.41) is 2.90. The van der Waals surface area contributed by atoms with Gasteiger partial charge in [-0.3, -0.25) is 4.79 Å². The Kier molecular flexibility index (Phi) is 5.35. The lowest BCUT2D eigenvalue weighted by Crippen LogP contribution is -2.39. The Morgan fingerprint density at radius 2 is 1.88 bits per heavy atom. The summed E-state index contributed by atoms with van der Waals surface area (Å²) in [4.78, 5) is 28.3. The van der Waals surface area contributed by atoms with Gasteiger partial charge >= 0.3 is 6.03 Å². The zero-order valence-electron chi connectivity index (χ0n) is 14.0. The highest BCUT2D eigenvalue weighted by atomic mass is 16.3. The molecule has 7 nitrogen and oxygen atoms in total. The number of benzene rings is 1. The highest BCUT2D eigenvalue weighted by Gasteiger charge is 2.24. The average Bonchev–Trinajstić information content (AvgIpc) is 3.05. The molecular weight excluding hydrogens is 320 g/mol. The lowest BCUT2D eigenvalue weighted by atomic mass is 10.2. The molecule has 3 rings (SSSR count). The second-order valence-corrected chi connectivity index (χ2v) is 5.94. The first-order chi connectivity index (χ1) is 12.2. The molecule has 0 unspecified atom stereocenters. The van der Waals surface area contributed by atoms with E-state index in [4.69, 9.17) is 10.2 Å². The van der Waals surface area contributed by atoms with E-state index in [1.165, 1.54) is 6.26 Å². The molecule has 2 aromatic rings. The van der Waals surface area contributed by atoms with Crippen LogP contribution < -0.4 is 11.1 Å². The number of nitrogens with one attached hydrogen (secondary N) is 1. The largest absolute Gasteiger partial charge is 0.459 e. The van der Waals surface area contributed by atoms with Gasteiger partial charge in [0.1, 0.15) is 0 Å². The predicted molar refractivity (Wildman–Crippen MR) is 94.2 cm³/mol. The number of anilines is 1. The molecule has 25 heavy (non-hydrogen) atoms. The van der Waals surface area contributed by atoms with E-state index in [9.17, 15) is 9.59 Å². The van der Waals surface area contributed by atoms with Crippen molar-refractivity contribution in [1.82, 2.24) is 9.80 Å². The summed E-state index contributed by atoms with van der Waals surface area (Å²) in [5.41, 5.74) is 7.31. The van der Waals surface area contributed by atoms with Crippen molar-refractivity contribution in [2.24, 2.45) is 5.73 Å². The number of urea groups is 1. The van der Waals surface area contributed by atoms with Gasteiger partial charge in [-0.1, -0.05) is 12.1 Å². The van der Waals surface area contributed by atoms with Gasteiger partial charge in [0, 0.05) is 38.4 Å². The molecule has 2 heterocycles. The normalized spacial score (nSPS) is 14.9. The lowest BCUT2D eigenvalue weighted by molar-refractivity contribution is 0.0731. The Labute approximate surface area is 146 Å². The average molecular weight is 342 g/mol. The Morgan fingerprint density at radius 3 is 2.64 bits per heavy atom. The van der Waals surface area contributed by atoms with Crippen LogP contribution in [-0.2, 0) is 6.54 Å². The maximum atomic E-state index is 12.5. The van der Waals surface area contributed by atoms with E-state index in [1.807, 2.05) is 24.3 Å². The molecule has 0 spiro atoms. The van der Waals surface area contributed by atoms with Crippen LogP contribution in [0.5, 0.6) is 0 Å². The zero-order chi connectivity index (χ0) is 17.6. The highest BCUT2D eigenvalue weighted by molar-refractivity contribution is 5.92. The summed E-state index contributed by atoms with van der Waals surface area (Å²) < 4.78 is 5.17. The number of rotatable bonds is 3. The van der Waals surface area contributed by atoms with Crippen LogP contribution in [0.25, 0.3) is 0 Å². The quantitative estimate of drug-likeness (QED) is 0.894. The van der Waals surface area contributed by atoms with Gasteiger partial charge in [-0.05, 0) is 36.2 Å². The molecule has 0 bridgehead atoms. The molecule has 7 heteroatoms. The maximum Gasteiger partial charge on any atom is 0.321 e. The summed E-state index contributed by atoms with van der Waals surface area (Å²) in [6.07, 6.45) is 2.21. The highest BCUT2D eigenvalue weighted by Crippen LogP contribution is 2.13. The molecule has 1 aromatic carbocycles. The van der Waals surface area contributed by atoms with Crippen LogP contribution in [0.2, 0.25) is 0 Å². The number of carbonyl (C=O) groups is 2. The number of nitrogens with two attached hydrogens (primary N) is 1. The molecule has 0 aliphatic carbocycles. The van der Waals surface area contributed by atoms with E-state index < -0.39 is 0 Å². The molecule has 0 saturated carbocycles. The molecule has 132 valence electrons. The summed E-state index contributed by atoms with van der Waals surface area (Å²) in [6.45, 7) is 2.60. The van der Waals surface area contributed by atoms with E-state index in [-0.39, 0.29) is 11.9 Å².